The minimum Gasteiger partial charge on any atom is -0.460 e. The lowest BCUT2D eigenvalue weighted by Gasteiger charge is -2.29. The smallest absolute Gasteiger partial charge is 0.225 e. The fourth-order valence-corrected chi connectivity index (χ4v) is 4.93. The van der Waals surface area contributed by atoms with Crippen molar-refractivity contribution < 1.29 is 4.42 Å². The zero-order valence-electron chi connectivity index (χ0n) is 20.3. The van der Waals surface area contributed by atoms with E-state index in [1.54, 1.807) is 0 Å². The number of rotatable bonds is 8. The van der Waals surface area contributed by atoms with Gasteiger partial charge in [-0.1, -0.05) is 23.7 Å². The van der Waals surface area contributed by atoms with Crippen LogP contribution in [0.4, 0.5) is 11.8 Å². The van der Waals surface area contributed by atoms with Crippen LogP contribution in [0, 0.1) is 5.92 Å². The highest BCUT2D eigenvalue weighted by molar-refractivity contribution is 6.30. The van der Waals surface area contributed by atoms with E-state index in [-0.39, 0.29) is 0 Å². The number of hydrogen-bond donors (Lipinski definition) is 2. The van der Waals surface area contributed by atoms with Crippen LogP contribution in [-0.4, -0.2) is 36.6 Å². The molecule has 0 aliphatic heterocycles. The molecule has 2 aromatic heterocycles. The van der Waals surface area contributed by atoms with Crippen LogP contribution in [0.2, 0.25) is 5.02 Å². The molecule has 182 valence electrons. The average molecular weight is 490 g/mol. The maximum Gasteiger partial charge on any atom is 0.225 e. The molecule has 1 aliphatic carbocycles. The Labute approximate surface area is 211 Å². The molecule has 0 radical (unpaired) electrons. The molecule has 6 nitrogen and oxygen atoms in total. The molecule has 7 heteroatoms. The van der Waals surface area contributed by atoms with Gasteiger partial charge in [-0.2, -0.15) is 4.98 Å². The molecule has 0 unspecified atom stereocenters. The number of fused-ring (bicyclic) bond motifs is 1. The first-order chi connectivity index (χ1) is 17.0. The summed E-state index contributed by atoms with van der Waals surface area (Å²) in [6.07, 6.45) is 4.63. The molecule has 2 heterocycles. The van der Waals surface area contributed by atoms with Crippen LogP contribution < -0.4 is 15.5 Å². The minimum atomic E-state index is 0.412. The second-order valence-electron chi connectivity index (χ2n) is 9.55. The molecule has 2 N–H and O–H groups in total. The van der Waals surface area contributed by atoms with E-state index >= 15 is 0 Å². The van der Waals surface area contributed by atoms with E-state index in [4.69, 9.17) is 26.0 Å². The summed E-state index contributed by atoms with van der Waals surface area (Å²) >= 11 is 5.98. The SMILES string of the molecule is CN(C)c1nc(NC2CCC(CNCc3ccc(-c4ccc(Cl)cc4)o3)CC2)nc2ccccc12. The van der Waals surface area contributed by atoms with E-state index in [9.17, 15) is 0 Å². The van der Waals surface area contributed by atoms with Gasteiger partial charge < -0.3 is 20.0 Å². The lowest BCUT2D eigenvalue weighted by atomic mass is 9.86. The Morgan fingerprint density at radius 2 is 1.71 bits per heavy atom. The van der Waals surface area contributed by atoms with Gasteiger partial charge in [-0.25, -0.2) is 4.98 Å². The normalized spacial score (nSPS) is 18.0. The Kier molecular flexibility index (Phi) is 7.21. The average Bonchev–Trinajstić information content (AvgIpc) is 3.34. The molecule has 2 aromatic carbocycles. The number of hydrogen-bond acceptors (Lipinski definition) is 6. The Bertz CT molecular complexity index is 1260. The first-order valence-electron chi connectivity index (χ1n) is 12.3. The van der Waals surface area contributed by atoms with Crippen LogP contribution in [0.25, 0.3) is 22.2 Å². The fourth-order valence-electron chi connectivity index (χ4n) is 4.80. The first kappa shape index (κ1) is 23.6. The van der Waals surface area contributed by atoms with E-state index < -0.39 is 0 Å². The first-order valence-corrected chi connectivity index (χ1v) is 12.7. The third-order valence-electron chi connectivity index (χ3n) is 6.71. The number of para-hydroxylation sites is 1. The number of anilines is 2. The van der Waals surface area contributed by atoms with Crippen LogP contribution in [-0.2, 0) is 6.54 Å². The standard InChI is InChI=1S/C28H32ClN5O/c1-34(2)27-24-5-3-4-6-25(24)32-28(33-27)31-22-13-7-19(8-14-22)17-30-18-23-15-16-26(35-23)20-9-11-21(29)12-10-20/h3-6,9-12,15-16,19,22,30H,7-8,13-14,17-18H2,1-2H3,(H,31,32,33). The van der Waals surface area contributed by atoms with Crippen molar-refractivity contribution in [2.45, 2.75) is 38.3 Å². The predicted molar refractivity (Wildman–Crippen MR) is 144 cm³/mol. The summed E-state index contributed by atoms with van der Waals surface area (Å²) in [6.45, 7) is 1.74. The van der Waals surface area contributed by atoms with Gasteiger partial charge in [-0.05, 0) is 86.7 Å². The van der Waals surface area contributed by atoms with Crippen LogP contribution >= 0.6 is 11.6 Å². The summed E-state index contributed by atoms with van der Waals surface area (Å²) in [5.74, 6) is 4.18. The third-order valence-corrected chi connectivity index (χ3v) is 6.96. The lowest BCUT2D eigenvalue weighted by molar-refractivity contribution is 0.320. The van der Waals surface area contributed by atoms with E-state index in [1.165, 1.54) is 12.8 Å². The number of aromatic nitrogens is 2. The fraction of sp³-hybridized carbons (Fsp3) is 0.357. The van der Waals surface area contributed by atoms with Crippen LogP contribution in [0.15, 0.2) is 65.1 Å². The van der Waals surface area contributed by atoms with E-state index in [0.717, 1.165) is 70.7 Å². The van der Waals surface area contributed by atoms with E-state index in [0.29, 0.717) is 12.0 Å². The molecular weight excluding hydrogens is 458 g/mol. The van der Waals surface area contributed by atoms with Crippen molar-refractivity contribution in [1.29, 1.82) is 0 Å². The van der Waals surface area contributed by atoms with Crippen LogP contribution in [0.3, 0.4) is 0 Å². The molecule has 0 spiro atoms. The van der Waals surface area contributed by atoms with Gasteiger partial charge in [0.05, 0.1) is 12.1 Å². The molecule has 35 heavy (non-hydrogen) atoms. The summed E-state index contributed by atoms with van der Waals surface area (Å²) in [4.78, 5) is 11.6. The van der Waals surface area contributed by atoms with Gasteiger partial charge in [0.1, 0.15) is 17.3 Å². The van der Waals surface area contributed by atoms with Crippen LogP contribution in [0.5, 0.6) is 0 Å². The largest absolute Gasteiger partial charge is 0.460 e. The topological polar surface area (TPSA) is 66.2 Å². The number of benzene rings is 2. The highest BCUT2D eigenvalue weighted by Crippen LogP contribution is 2.28. The zero-order chi connectivity index (χ0) is 24.2. The lowest BCUT2D eigenvalue weighted by Crippen LogP contribution is -2.31. The van der Waals surface area contributed by atoms with Gasteiger partial charge in [-0.15, -0.1) is 0 Å². The predicted octanol–water partition coefficient (Wildman–Crippen LogP) is 6.37. The molecule has 5 rings (SSSR count). The molecule has 4 aromatic rings. The minimum absolute atomic E-state index is 0.412. The van der Waals surface area contributed by atoms with Gasteiger partial charge in [-0.3, -0.25) is 0 Å². The van der Waals surface area contributed by atoms with Crippen molar-refractivity contribution in [3.8, 4) is 11.3 Å². The van der Waals surface area contributed by atoms with Crippen molar-refractivity contribution in [3.05, 3.63) is 71.4 Å². The Morgan fingerprint density at radius 1 is 0.943 bits per heavy atom. The number of nitrogens with one attached hydrogen (secondary N) is 2. The highest BCUT2D eigenvalue weighted by atomic mass is 35.5. The summed E-state index contributed by atoms with van der Waals surface area (Å²) in [7, 11) is 4.05. The maximum atomic E-state index is 6.01. The third kappa shape index (κ3) is 5.77. The molecule has 0 amide bonds. The van der Waals surface area contributed by atoms with Gasteiger partial charge in [0.15, 0.2) is 0 Å². The van der Waals surface area contributed by atoms with Crippen molar-refractivity contribution in [3.63, 3.8) is 0 Å². The van der Waals surface area contributed by atoms with E-state index in [2.05, 4.69) is 27.7 Å². The molecule has 1 aliphatic rings. The molecule has 1 fully saturated rings. The van der Waals surface area contributed by atoms with Crippen molar-refractivity contribution in [2.24, 2.45) is 5.92 Å². The molecule has 1 saturated carbocycles. The number of furan rings is 1. The number of halogens is 1. The molecular formula is C28H32ClN5O. The van der Waals surface area contributed by atoms with Gasteiger partial charge in [0.2, 0.25) is 5.95 Å². The zero-order valence-corrected chi connectivity index (χ0v) is 21.1. The highest BCUT2D eigenvalue weighted by Gasteiger charge is 2.22. The van der Waals surface area contributed by atoms with Gasteiger partial charge in [0.25, 0.3) is 0 Å². The van der Waals surface area contributed by atoms with Crippen LogP contribution in [0.1, 0.15) is 31.4 Å². The van der Waals surface area contributed by atoms with Crippen molar-refractivity contribution in [1.82, 2.24) is 15.3 Å². The van der Waals surface area contributed by atoms with E-state index in [1.807, 2.05) is 62.6 Å². The summed E-state index contributed by atoms with van der Waals surface area (Å²) in [5, 5.41) is 8.99. The monoisotopic (exact) mass is 489 g/mol. The summed E-state index contributed by atoms with van der Waals surface area (Å²) < 4.78 is 6.01. The van der Waals surface area contributed by atoms with Crippen molar-refractivity contribution in [2.75, 3.05) is 30.9 Å². The van der Waals surface area contributed by atoms with Gasteiger partial charge >= 0.3 is 0 Å². The Hall–Kier alpha value is -3.09. The summed E-state index contributed by atoms with van der Waals surface area (Å²) in [6, 6.07) is 20.4. The quantitative estimate of drug-likeness (QED) is 0.300. The molecule has 0 saturated heterocycles. The Morgan fingerprint density at radius 3 is 2.49 bits per heavy atom. The van der Waals surface area contributed by atoms with Crippen molar-refractivity contribution >= 4 is 34.3 Å². The Balaban J connectivity index is 1.10. The maximum absolute atomic E-state index is 6.01. The number of nitrogens with zero attached hydrogens (tertiary/aromatic N) is 3. The molecule has 0 bridgehead atoms. The molecule has 0 atom stereocenters. The van der Waals surface area contributed by atoms with Gasteiger partial charge in [0, 0.05) is 36.1 Å². The summed E-state index contributed by atoms with van der Waals surface area (Å²) in [5.41, 5.74) is 2.02. The second kappa shape index (κ2) is 10.7. The second-order valence-corrected chi connectivity index (χ2v) is 9.98.